The van der Waals surface area contributed by atoms with E-state index in [1.54, 1.807) is 12.1 Å². The number of nitrogens with zero attached hydrogens (tertiary/aromatic N) is 2. The highest BCUT2D eigenvalue weighted by atomic mass is 16.7. The number of pyridine rings is 1. The molecule has 4 aromatic rings. The van der Waals surface area contributed by atoms with Gasteiger partial charge in [0.15, 0.2) is 23.0 Å². The Balaban J connectivity index is 1.66. The molecule has 2 N–H and O–H groups in total. The van der Waals surface area contributed by atoms with E-state index in [4.69, 9.17) is 23.9 Å². The summed E-state index contributed by atoms with van der Waals surface area (Å²) in [5.74, 6) is 2.69. The molecule has 0 fully saturated rings. The third-order valence-corrected chi connectivity index (χ3v) is 4.92. The van der Waals surface area contributed by atoms with E-state index < -0.39 is 0 Å². The van der Waals surface area contributed by atoms with Gasteiger partial charge in [-0.2, -0.15) is 0 Å². The third-order valence-electron chi connectivity index (χ3n) is 4.92. The largest absolute Gasteiger partial charge is 0.502 e. The van der Waals surface area contributed by atoms with Crippen LogP contribution in [0.4, 0.5) is 11.5 Å². The molecule has 152 valence electrons. The predicted molar refractivity (Wildman–Crippen MR) is 111 cm³/mol. The molecular weight excluding hydrogens is 386 g/mol. The van der Waals surface area contributed by atoms with Crippen LogP contribution in [0.15, 0.2) is 54.7 Å². The van der Waals surface area contributed by atoms with Crippen LogP contribution in [-0.2, 0) is 0 Å². The van der Waals surface area contributed by atoms with Crippen molar-refractivity contribution in [1.29, 1.82) is 0 Å². The van der Waals surface area contributed by atoms with Crippen molar-refractivity contribution in [2.24, 2.45) is 0 Å². The second-order valence-corrected chi connectivity index (χ2v) is 6.66. The maximum Gasteiger partial charge on any atom is 0.231 e. The number of phenolic OH excluding ortho intramolecular Hbond substituents is 1. The van der Waals surface area contributed by atoms with Gasteiger partial charge in [0, 0.05) is 23.5 Å². The van der Waals surface area contributed by atoms with Crippen LogP contribution in [0.3, 0.4) is 0 Å². The lowest BCUT2D eigenvalue weighted by atomic mass is 10.1. The molecule has 2 aromatic heterocycles. The fourth-order valence-electron chi connectivity index (χ4n) is 3.46. The Morgan fingerprint density at radius 3 is 2.53 bits per heavy atom. The number of phenols is 1. The van der Waals surface area contributed by atoms with E-state index in [9.17, 15) is 5.11 Å². The highest BCUT2D eigenvalue weighted by Gasteiger charge is 2.20. The Hall–Kier alpha value is -4.07. The van der Waals surface area contributed by atoms with Crippen molar-refractivity contribution < 1.29 is 24.1 Å². The molecule has 0 radical (unpaired) electrons. The fraction of sp³-hybridized carbons (Fsp3) is 0.136. The number of hydrogen-bond acceptors (Lipinski definition) is 7. The van der Waals surface area contributed by atoms with Crippen LogP contribution in [0, 0.1) is 0 Å². The number of nitrogens with one attached hydrogen (secondary N) is 1. The van der Waals surface area contributed by atoms with E-state index in [0.717, 1.165) is 22.7 Å². The molecule has 30 heavy (non-hydrogen) atoms. The van der Waals surface area contributed by atoms with E-state index in [0.29, 0.717) is 28.7 Å². The number of benzene rings is 2. The Morgan fingerprint density at radius 2 is 1.77 bits per heavy atom. The minimum absolute atomic E-state index is 0.0576. The first-order chi connectivity index (χ1) is 14.7. The monoisotopic (exact) mass is 405 g/mol. The Labute approximate surface area is 172 Å². The third kappa shape index (κ3) is 2.89. The van der Waals surface area contributed by atoms with Crippen LogP contribution in [0.5, 0.6) is 28.7 Å². The Kier molecular flexibility index (Phi) is 4.24. The fourth-order valence-corrected chi connectivity index (χ4v) is 3.46. The molecule has 0 aliphatic carbocycles. The molecule has 5 rings (SSSR count). The number of anilines is 2. The number of aromatic hydroxyl groups is 1. The highest BCUT2D eigenvalue weighted by Crippen LogP contribution is 2.43. The van der Waals surface area contributed by atoms with Gasteiger partial charge in [-0.25, -0.2) is 4.98 Å². The van der Waals surface area contributed by atoms with E-state index in [1.165, 1.54) is 14.2 Å². The summed E-state index contributed by atoms with van der Waals surface area (Å²) in [4.78, 5) is 4.78. The summed E-state index contributed by atoms with van der Waals surface area (Å²) in [5.41, 5.74) is 2.99. The molecule has 0 bridgehead atoms. The van der Waals surface area contributed by atoms with Gasteiger partial charge in [0.25, 0.3) is 0 Å². The second kappa shape index (κ2) is 7.07. The van der Waals surface area contributed by atoms with Gasteiger partial charge in [-0.1, -0.05) is 6.07 Å². The Morgan fingerprint density at radius 1 is 1.00 bits per heavy atom. The van der Waals surface area contributed by atoms with Gasteiger partial charge in [-0.15, -0.1) is 0 Å². The maximum absolute atomic E-state index is 10.3. The highest BCUT2D eigenvalue weighted by molar-refractivity contribution is 5.82. The lowest BCUT2D eigenvalue weighted by Crippen LogP contribution is -1.97. The van der Waals surface area contributed by atoms with Crippen molar-refractivity contribution in [1.82, 2.24) is 9.38 Å². The summed E-state index contributed by atoms with van der Waals surface area (Å²) < 4.78 is 23.5. The van der Waals surface area contributed by atoms with Gasteiger partial charge < -0.3 is 29.4 Å². The summed E-state index contributed by atoms with van der Waals surface area (Å²) in [6.07, 6.45) is 1.93. The summed E-state index contributed by atoms with van der Waals surface area (Å²) >= 11 is 0. The number of fused-ring (bicyclic) bond motifs is 2. The molecule has 0 saturated carbocycles. The first-order valence-corrected chi connectivity index (χ1v) is 9.27. The first-order valence-electron chi connectivity index (χ1n) is 9.27. The van der Waals surface area contributed by atoms with Gasteiger partial charge in [-0.3, -0.25) is 4.40 Å². The SMILES string of the molecule is COc1cc(-c2nc3ccccn3c2Nc2ccc3c(c2)OCO3)cc(OC)c1O. The standard InChI is InChI=1S/C22H19N3O5/c1-27-17-9-13(10-18(28-2)21(17)26)20-22(25-8-4-3-5-19(25)24-20)23-14-6-7-15-16(11-14)30-12-29-15/h3-11,23,26H,12H2,1-2H3. The number of methoxy groups -OCH3 is 2. The Bertz CT molecular complexity index is 1230. The van der Waals surface area contributed by atoms with Crippen LogP contribution in [-0.4, -0.2) is 35.5 Å². The molecule has 8 nitrogen and oxygen atoms in total. The van der Waals surface area contributed by atoms with Gasteiger partial charge >= 0.3 is 0 Å². The average Bonchev–Trinajstić information content (AvgIpc) is 3.38. The number of aromatic nitrogens is 2. The van der Waals surface area contributed by atoms with E-state index in [1.807, 2.05) is 47.0 Å². The normalized spacial score (nSPS) is 12.2. The first kappa shape index (κ1) is 18.0. The quantitative estimate of drug-likeness (QED) is 0.515. The summed E-state index contributed by atoms with van der Waals surface area (Å²) in [6.45, 7) is 0.215. The van der Waals surface area contributed by atoms with Crippen molar-refractivity contribution in [2.45, 2.75) is 0 Å². The molecule has 0 spiro atoms. The number of ether oxygens (including phenoxy) is 4. The van der Waals surface area contributed by atoms with Crippen molar-refractivity contribution in [3.05, 3.63) is 54.7 Å². The van der Waals surface area contributed by atoms with E-state index in [-0.39, 0.29) is 12.5 Å². The molecule has 8 heteroatoms. The van der Waals surface area contributed by atoms with Crippen LogP contribution in [0.25, 0.3) is 16.9 Å². The molecule has 0 unspecified atom stereocenters. The molecule has 1 aliphatic heterocycles. The topological polar surface area (TPSA) is 86.5 Å². The van der Waals surface area contributed by atoms with Gasteiger partial charge in [0.2, 0.25) is 12.5 Å². The van der Waals surface area contributed by atoms with Gasteiger partial charge in [0.1, 0.15) is 17.2 Å². The summed E-state index contributed by atoms with van der Waals surface area (Å²) in [5, 5.41) is 13.7. The zero-order chi connectivity index (χ0) is 20.7. The molecule has 3 heterocycles. The molecule has 1 aliphatic rings. The van der Waals surface area contributed by atoms with Gasteiger partial charge in [0.05, 0.1) is 14.2 Å². The zero-order valence-corrected chi connectivity index (χ0v) is 16.4. The van der Waals surface area contributed by atoms with Crippen molar-refractivity contribution in [3.63, 3.8) is 0 Å². The minimum Gasteiger partial charge on any atom is -0.502 e. The van der Waals surface area contributed by atoms with E-state index >= 15 is 0 Å². The van der Waals surface area contributed by atoms with Crippen LogP contribution < -0.4 is 24.3 Å². The molecule has 2 aromatic carbocycles. The van der Waals surface area contributed by atoms with Crippen molar-refractivity contribution in [2.75, 3.05) is 26.3 Å². The van der Waals surface area contributed by atoms with Crippen molar-refractivity contribution >= 4 is 17.2 Å². The summed E-state index contributed by atoms with van der Waals surface area (Å²) in [6, 6.07) is 14.9. The lowest BCUT2D eigenvalue weighted by Gasteiger charge is -2.13. The molecule has 0 atom stereocenters. The average molecular weight is 405 g/mol. The maximum atomic E-state index is 10.3. The zero-order valence-electron chi connectivity index (χ0n) is 16.4. The molecule has 0 amide bonds. The lowest BCUT2D eigenvalue weighted by molar-refractivity contribution is 0.174. The number of hydrogen-bond donors (Lipinski definition) is 2. The van der Waals surface area contributed by atoms with E-state index in [2.05, 4.69) is 5.32 Å². The molecule has 0 saturated heterocycles. The van der Waals surface area contributed by atoms with Crippen LogP contribution in [0.2, 0.25) is 0 Å². The molecular formula is C22H19N3O5. The number of rotatable bonds is 5. The predicted octanol–water partition coefficient (Wildman–Crippen LogP) is 4.20. The smallest absolute Gasteiger partial charge is 0.231 e. The summed E-state index contributed by atoms with van der Waals surface area (Å²) in [7, 11) is 2.99. The van der Waals surface area contributed by atoms with Crippen LogP contribution >= 0.6 is 0 Å². The minimum atomic E-state index is -0.0576. The number of imidazole rings is 1. The van der Waals surface area contributed by atoms with Crippen molar-refractivity contribution in [3.8, 4) is 40.0 Å². The van der Waals surface area contributed by atoms with Gasteiger partial charge in [-0.05, 0) is 36.4 Å². The van der Waals surface area contributed by atoms with Crippen LogP contribution in [0.1, 0.15) is 0 Å². The second-order valence-electron chi connectivity index (χ2n) is 6.66.